The Morgan fingerprint density at radius 2 is 1.78 bits per heavy atom. The van der Waals surface area contributed by atoms with Crippen LogP contribution in [-0.2, 0) is 17.8 Å². The Morgan fingerprint density at radius 3 is 2.50 bits per heavy atom. The van der Waals surface area contributed by atoms with Crippen molar-refractivity contribution in [1.82, 2.24) is 29.7 Å². The first-order chi connectivity index (χ1) is 17.5. The fourth-order valence-electron chi connectivity index (χ4n) is 4.36. The number of rotatable bonds is 7. The number of nitrogens with zero attached hydrogens (tertiary/aromatic N) is 6. The Hall–Kier alpha value is -4.77. The molecule has 0 saturated carbocycles. The van der Waals surface area contributed by atoms with Crippen molar-refractivity contribution in [2.45, 2.75) is 33.2 Å². The van der Waals surface area contributed by atoms with Crippen LogP contribution in [0.5, 0.6) is 0 Å². The van der Waals surface area contributed by atoms with Gasteiger partial charge in [-0.05, 0) is 38.0 Å². The van der Waals surface area contributed by atoms with Crippen molar-refractivity contribution >= 4 is 11.6 Å². The van der Waals surface area contributed by atoms with Gasteiger partial charge in [0.2, 0.25) is 5.91 Å². The normalized spacial score (nSPS) is 10.9. The molecule has 0 fully saturated rings. The zero-order valence-corrected chi connectivity index (χ0v) is 20.1. The van der Waals surface area contributed by atoms with Gasteiger partial charge in [-0.2, -0.15) is 15.5 Å². The zero-order chi connectivity index (χ0) is 25.1. The van der Waals surface area contributed by atoms with Crippen LogP contribution in [0.25, 0.3) is 22.6 Å². The first-order valence-electron chi connectivity index (χ1n) is 11.7. The number of aryl methyl sites for hydroxylation is 2. The fourth-order valence-corrected chi connectivity index (χ4v) is 4.36. The van der Waals surface area contributed by atoms with Gasteiger partial charge in [0, 0.05) is 41.7 Å². The third-order valence-corrected chi connectivity index (χ3v) is 6.27. The minimum Gasteiger partial charge on any atom is -0.352 e. The molecule has 5 aromatic rings. The van der Waals surface area contributed by atoms with E-state index in [1.807, 2.05) is 85.4 Å². The SMILES string of the molecule is Cc1nc2c(C#N)cnn2c(C)c1CCC(=O)NCc1cn(-c2ccccc2)nc1-c1ccccc1. The number of para-hydroxylation sites is 1. The molecule has 0 radical (unpaired) electrons. The van der Waals surface area contributed by atoms with Crippen LogP contribution in [0.1, 0.15) is 34.5 Å². The molecule has 0 atom stereocenters. The number of carbonyl (C=O) groups is 1. The zero-order valence-electron chi connectivity index (χ0n) is 20.1. The quantitative estimate of drug-likeness (QED) is 0.378. The number of hydrogen-bond acceptors (Lipinski definition) is 5. The van der Waals surface area contributed by atoms with Gasteiger partial charge in [0.1, 0.15) is 11.6 Å². The van der Waals surface area contributed by atoms with E-state index in [4.69, 9.17) is 5.10 Å². The van der Waals surface area contributed by atoms with Crippen molar-refractivity contribution in [2.24, 2.45) is 0 Å². The van der Waals surface area contributed by atoms with E-state index in [0.717, 1.165) is 39.5 Å². The van der Waals surface area contributed by atoms with Crippen molar-refractivity contribution in [3.05, 3.63) is 101 Å². The highest BCUT2D eigenvalue weighted by Gasteiger charge is 2.16. The minimum atomic E-state index is -0.0569. The average Bonchev–Trinajstić information content (AvgIpc) is 3.53. The van der Waals surface area contributed by atoms with E-state index in [-0.39, 0.29) is 5.91 Å². The third kappa shape index (κ3) is 4.46. The molecule has 8 heteroatoms. The summed E-state index contributed by atoms with van der Waals surface area (Å²) in [6, 6.07) is 22.0. The molecule has 1 amide bonds. The van der Waals surface area contributed by atoms with E-state index in [0.29, 0.717) is 30.6 Å². The molecule has 5 rings (SSSR count). The van der Waals surface area contributed by atoms with Gasteiger partial charge in [0.05, 0.1) is 17.6 Å². The molecule has 0 aliphatic rings. The van der Waals surface area contributed by atoms with E-state index in [2.05, 4.69) is 21.5 Å². The maximum Gasteiger partial charge on any atom is 0.220 e. The Kier molecular flexibility index (Phi) is 6.29. The molecule has 0 unspecified atom stereocenters. The molecule has 0 bridgehead atoms. The lowest BCUT2D eigenvalue weighted by Gasteiger charge is -2.11. The van der Waals surface area contributed by atoms with E-state index in [1.165, 1.54) is 6.20 Å². The summed E-state index contributed by atoms with van der Waals surface area (Å²) in [7, 11) is 0. The molecule has 3 aromatic heterocycles. The van der Waals surface area contributed by atoms with Crippen molar-refractivity contribution < 1.29 is 4.79 Å². The predicted octanol–water partition coefficient (Wildman–Crippen LogP) is 4.32. The number of nitrogens with one attached hydrogen (secondary N) is 1. The minimum absolute atomic E-state index is 0.0569. The Balaban J connectivity index is 1.32. The number of amides is 1. The molecule has 0 spiro atoms. The fraction of sp³-hybridized carbons (Fsp3) is 0.179. The highest BCUT2D eigenvalue weighted by Crippen LogP contribution is 2.24. The summed E-state index contributed by atoms with van der Waals surface area (Å²) in [5.41, 5.74) is 7.38. The standard InChI is InChI=1S/C28H25N7O/c1-19-25(20(2)35-28(32-19)22(15-29)17-31-35)13-14-26(36)30-16-23-18-34(24-11-7-4-8-12-24)33-27(23)21-9-5-3-6-10-21/h3-12,17-18H,13-14,16H2,1-2H3,(H,30,36). The van der Waals surface area contributed by atoms with Crippen LogP contribution in [0.4, 0.5) is 0 Å². The van der Waals surface area contributed by atoms with Crippen LogP contribution in [0.3, 0.4) is 0 Å². The number of nitriles is 1. The first-order valence-corrected chi connectivity index (χ1v) is 11.7. The molecule has 3 heterocycles. The number of aromatic nitrogens is 5. The summed E-state index contributed by atoms with van der Waals surface area (Å²) in [5.74, 6) is -0.0569. The van der Waals surface area contributed by atoms with E-state index < -0.39 is 0 Å². The lowest BCUT2D eigenvalue weighted by molar-refractivity contribution is -0.121. The van der Waals surface area contributed by atoms with E-state index >= 15 is 0 Å². The summed E-state index contributed by atoms with van der Waals surface area (Å²) in [5, 5.41) is 21.4. The average molecular weight is 476 g/mol. The second kappa shape index (κ2) is 9.84. The van der Waals surface area contributed by atoms with Crippen LogP contribution in [0, 0.1) is 25.2 Å². The maximum absolute atomic E-state index is 12.8. The van der Waals surface area contributed by atoms with Gasteiger partial charge in [-0.1, -0.05) is 48.5 Å². The van der Waals surface area contributed by atoms with Gasteiger partial charge in [0.15, 0.2) is 5.65 Å². The molecule has 2 aromatic carbocycles. The van der Waals surface area contributed by atoms with Crippen LogP contribution < -0.4 is 5.32 Å². The number of fused-ring (bicyclic) bond motifs is 1. The number of hydrogen-bond donors (Lipinski definition) is 1. The molecule has 1 N–H and O–H groups in total. The van der Waals surface area contributed by atoms with Crippen LogP contribution >= 0.6 is 0 Å². The second-order valence-electron chi connectivity index (χ2n) is 8.59. The van der Waals surface area contributed by atoms with Crippen LogP contribution in [0.15, 0.2) is 73.1 Å². The Labute approximate surface area is 208 Å². The molecule has 178 valence electrons. The topological polar surface area (TPSA) is 101 Å². The van der Waals surface area contributed by atoms with Crippen LogP contribution in [-0.4, -0.2) is 30.3 Å². The highest BCUT2D eigenvalue weighted by molar-refractivity contribution is 5.76. The van der Waals surface area contributed by atoms with Gasteiger partial charge in [-0.3, -0.25) is 4.79 Å². The molecular weight excluding hydrogens is 450 g/mol. The monoisotopic (exact) mass is 475 g/mol. The second-order valence-corrected chi connectivity index (χ2v) is 8.59. The molecule has 0 aliphatic heterocycles. The molecule has 8 nitrogen and oxygen atoms in total. The van der Waals surface area contributed by atoms with Gasteiger partial charge in [-0.25, -0.2) is 14.2 Å². The molecule has 0 saturated heterocycles. The largest absolute Gasteiger partial charge is 0.352 e. The van der Waals surface area contributed by atoms with Crippen molar-refractivity contribution in [3.8, 4) is 23.0 Å². The summed E-state index contributed by atoms with van der Waals surface area (Å²) in [4.78, 5) is 17.4. The van der Waals surface area contributed by atoms with Crippen molar-refractivity contribution in [2.75, 3.05) is 0 Å². The summed E-state index contributed by atoms with van der Waals surface area (Å²) >= 11 is 0. The van der Waals surface area contributed by atoms with Gasteiger partial charge in [0.25, 0.3) is 0 Å². The summed E-state index contributed by atoms with van der Waals surface area (Å²) in [6.45, 7) is 4.21. The van der Waals surface area contributed by atoms with Crippen molar-refractivity contribution in [1.29, 1.82) is 5.26 Å². The third-order valence-electron chi connectivity index (χ3n) is 6.27. The number of benzene rings is 2. The van der Waals surface area contributed by atoms with Gasteiger partial charge < -0.3 is 5.32 Å². The number of carbonyl (C=O) groups excluding carboxylic acids is 1. The van der Waals surface area contributed by atoms with Gasteiger partial charge in [-0.15, -0.1) is 0 Å². The predicted molar refractivity (Wildman–Crippen MR) is 136 cm³/mol. The van der Waals surface area contributed by atoms with Crippen LogP contribution in [0.2, 0.25) is 0 Å². The molecule has 0 aliphatic carbocycles. The highest BCUT2D eigenvalue weighted by atomic mass is 16.1. The molecular formula is C28H25N7O. The van der Waals surface area contributed by atoms with Gasteiger partial charge >= 0.3 is 0 Å². The Bertz CT molecular complexity index is 1580. The van der Waals surface area contributed by atoms with E-state index in [9.17, 15) is 10.1 Å². The summed E-state index contributed by atoms with van der Waals surface area (Å²) in [6.07, 6.45) is 4.33. The van der Waals surface area contributed by atoms with Crippen molar-refractivity contribution in [3.63, 3.8) is 0 Å². The lowest BCUT2D eigenvalue weighted by atomic mass is 10.1. The maximum atomic E-state index is 12.8. The first kappa shape index (κ1) is 23.0. The van der Waals surface area contributed by atoms with E-state index in [1.54, 1.807) is 4.52 Å². The Morgan fingerprint density at radius 1 is 1.06 bits per heavy atom. The molecule has 36 heavy (non-hydrogen) atoms. The summed E-state index contributed by atoms with van der Waals surface area (Å²) < 4.78 is 3.51. The lowest BCUT2D eigenvalue weighted by Crippen LogP contribution is -2.23. The smallest absolute Gasteiger partial charge is 0.220 e.